The summed E-state index contributed by atoms with van der Waals surface area (Å²) in [5.41, 5.74) is 1.52. The van der Waals surface area contributed by atoms with Gasteiger partial charge in [0.05, 0.1) is 6.61 Å². The van der Waals surface area contributed by atoms with Crippen molar-refractivity contribution in [3.8, 4) is 5.75 Å². The molecule has 0 spiro atoms. The van der Waals surface area contributed by atoms with Crippen LogP contribution in [0.15, 0.2) is 12.1 Å². The maximum atomic E-state index is 13.8. The molecule has 1 unspecified atom stereocenters. The highest BCUT2D eigenvalue weighted by atomic mass is 19.1. The lowest BCUT2D eigenvalue weighted by Gasteiger charge is -2.29. The number of urea groups is 1. The van der Waals surface area contributed by atoms with E-state index in [1.165, 1.54) is 25.0 Å². The highest BCUT2D eigenvalue weighted by molar-refractivity contribution is 5.75. The predicted octanol–water partition coefficient (Wildman–Crippen LogP) is 3.21. The topological polar surface area (TPSA) is 50.8 Å². The second-order valence-corrected chi connectivity index (χ2v) is 7.36. The van der Waals surface area contributed by atoms with E-state index < -0.39 is 0 Å². The van der Waals surface area contributed by atoms with Crippen molar-refractivity contribution in [1.29, 1.82) is 0 Å². The Hall–Kier alpha value is -1.82. The van der Waals surface area contributed by atoms with Gasteiger partial charge in [-0.05, 0) is 62.6 Å². The van der Waals surface area contributed by atoms with Gasteiger partial charge in [0.2, 0.25) is 0 Å². The molecule has 1 N–H and O–H groups in total. The number of rotatable bonds is 6. The summed E-state index contributed by atoms with van der Waals surface area (Å²) in [4.78, 5) is 14.7. The SMILES string of the molecule is CC(C1CC1)N(C(=O)NCCc1cc(F)cc2c1OCOC2)C1CC1. The highest BCUT2D eigenvalue weighted by Crippen LogP contribution is 2.39. The van der Waals surface area contributed by atoms with E-state index in [0.717, 1.165) is 24.0 Å². The molecule has 6 heteroatoms. The number of carbonyl (C=O) groups is 1. The normalized spacial score (nSPS) is 20.4. The molecule has 0 saturated heterocycles. The summed E-state index contributed by atoms with van der Waals surface area (Å²) in [6.45, 7) is 3.18. The van der Waals surface area contributed by atoms with Gasteiger partial charge in [0, 0.05) is 24.2 Å². The number of fused-ring (bicyclic) bond motifs is 1. The van der Waals surface area contributed by atoms with Crippen LogP contribution in [0.5, 0.6) is 5.75 Å². The van der Waals surface area contributed by atoms with Crippen LogP contribution < -0.4 is 10.1 Å². The molecule has 1 atom stereocenters. The van der Waals surface area contributed by atoms with Crippen molar-refractivity contribution >= 4 is 6.03 Å². The lowest BCUT2D eigenvalue weighted by Crippen LogP contribution is -2.47. The van der Waals surface area contributed by atoms with Crippen molar-refractivity contribution in [3.05, 3.63) is 29.1 Å². The third-order valence-corrected chi connectivity index (χ3v) is 5.34. The third-order valence-electron chi connectivity index (χ3n) is 5.34. The van der Waals surface area contributed by atoms with Gasteiger partial charge in [0.1, 0.15) is 11.6 Å². The van der Waals surface area contributed by atoms with Gasteiger partial charge in [0.25, 0.3) is 0 Å². The number of hydrogen-bond acceptors (Lipinski definition) is 3. The number of hydrogen-bond donors (Lipinski definition) is 1. The van der Waals surface area contributed by atoms with E-state index in [2.05, 4.69) is 12.2 Å². The van der Waals surface area contributed by atoms with Crippen molar-refractivity contribution in [2.75, 3.05) is 13.3 Å². The molecule has 0 bridgehead atoms. The molecule has 1 heterocycles. The van der Waals surface area contributed by atoms with Crippen molar-refractivity contribution in [1.82, 2.24) is 10.2 Å². The fraction of sp³-hybridized carbons (Fsp3) is 0.632. The number of amides is 2. The van der Waals surface area contributed by atoms with Crippen molar-refractivity contribution < 1.29 is 18.7 Å². The number of nitrogens with zero attached hydrogens (tertiary/aromatic N) is 1. The van der Waals surface area contributed by atoms with E-state index in [1.807, 2.05) is 4.90 Å². The zero-order valence-corrected chi connectivity index (χ0v) is 14.6. The van der Waals surface area contributed by atoms with Gasteiger partial charge in [-0.25, -0.2) is 9.18 Å². The monoisotopic (exact) mass is 348 g/mol. The van der Waals surface area contributed by atoms with Gasteiger partial charge in [-0.2, -0.15) is 0 Å². The summed E-state index contributed by atoms with van der Waals surface area (Å²) in [5.74, 6) is 1.07. The lowest BCUT2D eigenvalue weighted by atomic mass is 10.1. The Morgan fingerprint density at radius 3 is 2.88 bits per heavy atom. The summed E-state index contributed by atoms with van der Waals surface area (Å²) in [6, 6.07) is 3.66. The molecule has 4 rings (SSSR count). The van der Waals surface area contributed by atoms with Crippen LogP contribution in [0.3, 0.4) is 0 Å². The van der Waals surface area contributed by atoms with Crippen LogP contribution in [-0.2, 0) is 17.8 Å². The second-order valence-electron chi connectivity index (χ2n) is 7.36. The van der Waals surface area contributed by atoms with Gasteiger partial charge in [-0.15, -0.1) is 0 Å². The van der Waals surface area contributed by atoms with E-state index in [1.54, 1.807) is 0 Å². The molecular weight excluding hydrogens is 323 g/mol. The Labute approximate surface area is 147 Å². The molecule has 2 amide bonds. The third kappa shape index (κ3) is 3.73. The molecule has 2 saturated carbocycles. The summed E-state index contributed by atoms with van der Waals surface area (Å²) < 4.78 is 24.5. The Kier molecular flexibility index (Phi) is 4.54. The Balaban J connectivity index is 1.37. The largest absolute Gasteiger partial charge is 0.467 e. The standard InChI is InChI=1S/C19H25FN2O3/c1-12(13-2-3-13)22(17-4-5-17)19(23)21-7-6-14-8-16(20)9-15-10-24-11-25-18(14)15/h8-9,12-13,17H,2-7,10-11H2,1H3,(H,21,23). The zero-order chi connectivity index (χ0) is 17.4. The molecule has 0 radical (unpaired) electrons. The van der Waals surface area contributed by atoms with Crippen molar-refractivity contribution in [2.24, 2.45) is 5.92 Å². The Morgan fingerprint density at radius 2 is 2.16 bits per heavy atom. The van der Waals surface area contributed by atoms with Crippen LogP contribution in [0.4, 0.5) is 9.18 Å². The average molecular weight is 348 g/mol. The number of halogens is 1. The van der Waals surface area contributed by atoms with Crippen LogP contribution in [0.25, 0.3) is 0 Å². The first-order valence-electron chi connectivity index (χ1n) is 9.21. The average Bonchev–Trinajstić information content (AvgIpc) is 3.47. The number of benzene rings is 1. The molecule has 1 aromatic carbocycles. The zero-order valence-electron chi connectivity index (χ0n) is 14.6. The van der Waals surface area contributed by atoms with Gasteiger partial charge in [-0.1, -0.05) is 0 Å². The molecule has 1 aromatic rings. The van der Waals surface area contributed by atoms with Crippen molar-refractivity contribution in [2.45, 2.75) is 57.7 Å². The molecular formula is C19H25FN2O3. The Morgan fingerprint density at radius 1 is 1.36 bits per heavy atom. The molecule has 1 aliphatic heterocycles. The van der Waals surface area contributed by atoms with E-state index in [4.69, 9.17) is 9.47 Å². The fourth-order valence-corrected chi connectivity index (χ4v) is 3.68. The lowest BCUT2D eigenvalue weighted by molar-refractivity contribution is -0.0172. The van der Waals surface area contributed by atoms with Gasteiger partial charge < -0.3 is 19.7 Å². The molecule has 3 aliphatic rings. The van der Waals surface area contributed by atoms with E-state index in [-0.39, 0.29) is 18.6 Å². The molecule has 5 nitrogen and oxygen atoms in total. The first kappa shape index (κ1) is 16.6. The van der Waals surface area contributed by atoms with Crippen LogP contribution in [0.2, 0.25) is 0 Å². The summed E-state index contributed by atoms with van der Waals surface area (Å²) in [7, 11) is 0. The van der Waals surface area contributed by atoms with E-state index >= 15 is 0 Å². The maximum absolute atomic E-state index is 13.8. The molecule has 136 valence electrons. The molecule has 25 heavy (non-hydrogen) atoms. The predicted molar refractivity (Wildman–Crippen MR) is 90.8 cm³/mol. The summed E-state index contributed by atoms with van der Waals surface area (Å²) >= 11 is 0. The maximum Gasteiger partial charge on any atom is 0.317 e. The van der Waals surface area contributed by atoms with Gasteiger partial charge >= 0.3 is 6.03 Å². The first-order valence-corrected chi connectivity index (χ1v) is 9.21. The minimum atomic E-state index is -0.295. The highest BCUT2D eigenvalue weighted by Gasteiger charge is 2.41. The smallest absolute Gasteiger partial charge is 0.317 e. The minimum Gasteiger partial charge on any atom is -0.467 e. The van der Waals surface area contributed by atoms with Crippen molar-refractivity contribution in [3.63, 3.8) is 0 Å². The summed E-state index contributed by atoms with van der Waals surface area (Å²) in [6.07, 6.45) is 5.21. The van der Waals surface area contributed by atoms with Gasteiger partial charge in [0.15, 0.2) is 6.79 Å². The van der Waals surface area contributed by atoms with Crippen LogP contribution in [0.1, 0.15) is 43.7 Å². The number of carbonyl (C=O) groups excluding carboxylic acids is 1. The number of nitrogens with one attached hydrogen (secondary N) is 1. The quantitative estimate of drug-likeness (QED) is 0.859. The van der Waals surface area contributed by atoms with Crippen LogP contribution >= 0.6 is 0 Å². The van der Waals surface area contributed by atoms with Crippen LogP contribution in [0, 0.1) is 11.7 Å². The molecule has 2 fully saturated rings. The van der Waals surface area contributed by atoms with Gasteiger partial charge in [-0.3, -0.25) is 0 Å². The van der Waals surface area contributed by atoms with E-state index in [0.29, 0.717) is 43.3 Å². The van der Waals surface area contributed by atoms with Crippen LogP contribution in [-0.4, -0.2) is 36.4 Å². The number of ether oxygens (including phenoxy) is 2. The fourth-order valence-electron chi connectivity index (χ4n) is 3.68. The Bertz CT molecular complexity index is 658. The first-order chi connectivity index (χ1) is 12.1. The molecule has 2 aliphatic carbocycles. The summed E-state index contributed by atoms with van der Waals surface area (Å²) in [5, 5.41) is 3.02. The molecule has 0 aromatic heterocycles. The minimum absolute atomic E-state index is 0.0106. The van der Waals surface area contributed by atoms with E-state index in [9.17, 15) is 9.18 Å². The second kappa shape index (κ2) is 6.83.